The van der Waals surface area contributed by atoms with Crippen molar-refractivity contribution in [2.24, 2.45) is 5.73 Å². The van der Waals surface area contributed by atoms with Gasteiger partial charge in [0.2, 0.25) is 5.91 Å². The van der Waals surface area contributed by atoms with Crippen molar-refractivity contribution >= 4 is 5.91 Å². The number of nitrogens with one attached hydrogen (secondary N) is 1. The van der Waals surface area contributed by atoms with Gasteiger partial charge in [-0.1, -0.05) is 0 Å². The maximum Gasteiger partial charge on any atom is 0.415 e. The van der Waals surface area contributed by atoms with Crippen molar-refractivity contribution in [2.75, 3.05) is 26.2 Å². The molecule has 0 saturated carbocycles. The van der Waals surface area contributed by atoms with Crippen molar-refractivity contribution in [3.63, 3.8) is 0 Å². The molecular weight excluding hydrogens is 235 g/mol. The summed E-state index contributed by atoms with van der Waals surface area (Å²) in [7, 11) is 0. The summed E-state index contributed by atoms with van der Waals surface area (Å²) in [6.45, 7) is 3.32. The Morgan fingerprint density at radius 1 is 1.35 bits per heavy atom. The normalized spacial score (nSPS) is 21.2. The topological polar surface area (TPSA) is 58.4 Å². The summed E-state index contributed by atoms with van der Waals surface area (Å²) in [6.07, 6.45) is -2.53. The highest BCUT2D eigenvalue weighted by atomic mass is 19.4. The van der Waals surface area contributed by atoms with Crippen molar-refractivity contribution in [1.82, 2.24) is 10.2 Å². The van der Waals surface area contributed by atoms with E-state index in [1.165, 1.54) is 0 Å². The number of hydrogen-bond acceptors (Lipinski definition) is 3. The van der Waals surface area contributed by atoms with Crippen LogP contribution in [0, 0.1) is 0 Å². The highest BCUT2D eigenvalue weighted by molar-refractivity contribution is 5.86. The molecule has 17 heavy (non-hydrogen) atoms. The zero-order valence-electron chi connectivity index (χ0n) is 9.81. The molecule has 1 aliphatic rings. The van der Waals surface area contributed by atoms with E-state index in [2.05, 4.69) is 10.2 Å². The first-order valence-electron chi connectivity index (χ1n) is 5.61. The zero-order valence-corrected chi connectivity index (χ0v) is 9.81. The summed E-state index contributed by atoms with van der Waals surface area (Å²) in [5, 5.41) is 2.23. The predicted octanol–water partition coefficient (Wildman–Crippen LogP) is 0.478. The third-order valence-corrected chi connectivity index (χ3v) is 2.97. The lowest BCUT2D eigenvalue weighted by atomic mass is 10.0. The van der Waals surface area contributed by atoms with Crippen LogP contribution in [-0.2, 0) is 4.79 Å². The molecule has 7 heteroatoms. The average molecular weight is 253 g/mol. The molecular formula is C10H18F3N3O. The molecule has 0 aromatic carbocycles. The Balaban J connectivity index is 2.33. The Kier molecular flexibility index (Phi) is 4.37. The van der Waals surface area contributed by atoms with Crippen molar-refractivity contribution in [3.05, 3.63) is 0 Å². The van der Waals surface area contributed by atoms with Crippen LogP contribution in [0.5, 0.6) is 0 Å². The summed E-state index contributed by atoms with van der Waals surface area (Å²) in [4.78, 5) is 13.4. The van der Waals surface area contributed by atoms with Gasteiger partial charge in [0.05, 0.1) is 0 Å². The number of rotatable bonds is 4. The van der Waals surface area contributed by atoms with E-state index in [0.29, 0.717) is 13.5 Å². The molecule has 0 aliphatic carbocycles. The minimum absolute atomic E-state index is 0.196. The summed E-state index contributed by atoms with van der Waals surface area (Å²) < 4.78 is 37.2. The van der Waals surface area contributed by atoms with Crippen LogP contribution in [0.15, 0.2) is 0 Å². The lowest BCUT2D eigenvalue weighted by Gasteiger charge is -2.26. The number of carbonyl (C=O) groups is 1. The number of alkyl halides is 3. The van der Waals surface area contributed by atoms with Crippen LogP contribution in [0.2, 0.25) is 0 Å². The van der Waals surface area contributed by atoms with E-state index in [4.69, 9.17) is 5.73 Å². The third kappa shape index (κ3) is 3.57. The third-order valence-electron chi connectivity index (χ3n) is 2.97. The van der Waals surface area contributed by atoms with Crippen molar-refractivity contribution < 1.29 is 18.0 Å². The van der Waals surface area contributed by atoms with E-state index in [0.717, 1.165) is 25.9 Å². The molecule has 1 saturated heterocycles. The molecule has 1 amide bonds. The smallest absolute Gasteiger partial charge is 0.353 e. The van der Waals surface area contributed by atoms with E-state index in [1.54, 1.807) is 0 Å². The van der Waals surface area contributed by atoms with E-state index >= 15 is 0 Å². The highest BCUT2D eigenvalue weighted by Gasteiger charge is 2.53. The summed E-state index contributed by atoms with van der Waals surface area (Å²) in [6, 6.07) is 0. The van der Waals surface area contributed by atoms with Gasteiger partial charge in [-0.25, -0.2) is 0 Å². The number of hydrogen-bond donors (Lipinski definition) is 2. The van der Waals surface area contributed by atoms with Gasteiger partial charge in [-0.2, -0.15) is 13.2 Å². The van der Waals surface area contributed by atoms with Crippen LogP contribution in [0.3, 0.4) is 0 Å². The molecule has 0 spiro atoms. The molecule has 1 rings (SSSR count). The number of nitrogens with two attached hydrogens (primary N) is 1. The van der Waals surface area contributed by atoms with Crippen LogP contribution in [0.25, 0.3) is 0 Å². The summed E-state index contributed by atoms with van der Waals surface area (Å²) in [5.41, 5.74) is 2.16. The van der Waals surface area contributed by atoms with Crippen molar-refractivity contribution in [2.45, 2.75) is 31.5 Å². The summed E-state index contributed by atoms with van der Waals surface area (Å²) in [5.74, 6) is -1.18. The predicted molar refractivity (Wildman–Crippen MR) is 57.3 cm³/mol. The fourth-order valence-corrected chi connectivity index (χ4v) is 1.65. The SMILES string of the molecule is CC(N)(C(=O)NCCN1CCCC1)C(F)(F)F. The standard InChI is InChI=1S/C10H18F3N3O/c1-9(14,10(11,12)13)8(17)15-4-7-16-5-2-3-6-16/h2-7,14H2,1H3,(H,15,17). The van der Waals surface area contributed by atoms with Gasteiger partial charge in [0.25, 0.3) is 0 Å². The van der Waals surface area contributed by atoms with Gasteiger partial charge >= 0.3 is 6.18 Å². The van der Waals surface area contributed by atoms with E-state index in [-0.39, 0.29) is 6.54 Å². The van der Waals surface area contributed by atoms with Crippen LogP contribution in [0.4, 0.5) is 13.2 Å². The van der Waals surface area contributed by atoms with E-state index in [9.17, 15) is 18.0 Å². The molecule has 1 unspecified atom stereocenters. The maximum absolute atomic E-state index is 12.4. The molecule has 0 radical (unpaired) electrons. The average Bonchev–Trinajstić information content (AvgIpc) is 2.68. The Morgan fingerprint density at radius 3 is 2.35 bits per heavy atom. The lowest BCUT2D eigenvalue weighted by Crippen LogP contribution is -2.61. The Labute approximate surface area is 98.3 Å². The quantitative estimate of drug-likeness (QED) is 0.766. The minimum Gasteiger partial charge on any atom is -0.353 e. The second-order valence-electron chi connectivity index (χ2n) is 4.50. The number of carbonyl (C=O) groups excluding carboxylic acids is 1. The van der Waals surface area contributed by atoms with E-state index in [1.807, 2.05) is 0 Å². The molecule has 0 aromatic heterocycles. The van der Waals surface area contributed by atoms with Gasteiger partial charge in [0.15, 0.2) is 5.54 Å². The fraction of sp³-hybridized carbons (Fsp3) is 0.900. The minimum atomic E-state index is -4.73. The van der Waals surface area contributed by atoms with E-state index < -0.39 is 17.6 Å². The Hall–Kier alpha value is -0.820. The fourth-order valence-electron chi connectivity index (χ4n) is 1.65. The van der Waals surface area contributed by atoms with Gasteiger partial charge in [-0.3, -0.25) is 4.79 Å². The van der Waals surface area contributed by atoms with Crippen molar-refractivity contribution in [1.29, 1.82) is 0 Å². The summed E-state index contributed by atoms with van der Waals surface area (Å²) >= 11 is 0. The molecule has 1 heterocycles. The first-order valence-corrected chi connectivity index (χ1v) is 5.61. The molecule has 1 fully saturated rings. The number of likely N-dealkylation sites (tertiary alicyclic amines) is 1. The molecule has 0 aromatic rings. The largest absolute Gasteiger partial charge is 0.415 e. The van der Waals surface area contributed by atoms with Gasteiger partial charge in [0, 0.05) is 13.1 Å². The van der Waals surface area contributed by atoms with Gasteiger partial charge in [-0.15, -0.1) is 0 Å². The van der Waals surface area contributed by atoms with Gasteiger partial charge < -0.3 is 16.0 Å². The van der Waals surface area contributed by atoms with Crippen LogP contribution >= 0.6 is 0 Å². The number of nitrogens with zero attached hydrogens (tertiary/aromatic N) is 1. The molecule has 0 bridgehead atoms. The highest BCUT2D eigenvalue weighted by Crippen LogP contribution is 2.27. The molecule has 1 aliphatic heterocycles. The first kappa shape index (κ1) is 14.2. The van der Waals surface area contributed by atoms with Crippen LogP contribution < -0.4 is 11.1 Å². The Bertz CT molecular complexity index is 272. The van der Waals surface area contributed by atoms with Crippen LogP contribution in [0.1, 0.15) is 19.8 Å². The maximum atomic E-state index is 12.4. The molecule has 1 atom stereocenters. The Morgan fingerprint density at radius 2 is 1.88 bits per heavy atom. The zero-order chi connectivity index (χ0) is 13.1. The number of halogens is 3. The van der Waals surface area contributed by atoms with Gasteiger partial charge in [-0.05, 0) is 32.9 Å². The molecule has 4 nitrogen and oxygen atoms in total. The monoisotopic (exact) mass is 253 g/mol. The number of amides is 1. The van der Waals surface area contributed by atoms with Crippen molar-refractivity contribution in [3.8, 4) is 0 Å². The molecule has 3 N–H and O–H groups in total. The lowest BCUT2D eigenvalue weighted by molar-refractivity contribution is -0.187. The second-order valence-corrected chi connectivity index (χ2v) is 4.50. The molecule has 100 valence electrons. The van der Waals surface area contributed by atoms with Gasteiger partial charge in [0.1, 0.15) is 0 Å². The first-order chi connectivity index (χ1) is 7.75. The second kappa shape index (κ2) is 5.22. The van der Waals surface area contributed by atoms with Crippen LogP contribution in [-0.4, -0.2) is 48.7 Å².